The normalized spacial score (nSPS) is 17.4. The van der Waals surface area contributed by atoms with Crippen LogP contribution in [0.25, 0.3) is 0 Å². The van der Waals surface area contributed by atoms with Gasteiger partial charge in [-0.2, -0.15) is 0 Å². The molecule has 2 unspecified atom stereocenters. The lowest BCUT2D eigenvalue weighted by Crippen LogP contribution is -2.14. The van der Waals surface area contributed by atoms with Crippen molar-refractivity contribution in [2.75, 3.05) is 5.88 Å². The molecule has 0 spiro atoms. The van der Waals surface area contributed by atoms with E-state index in [4.69, 9.17) is 11.6 Å². The van der Waals surface area contributed by atoms with Crippen molar-refractivity contribution >= 4 is 11.6 Å². The molecule has 0 aliphatic heterocycles. The first-order valence-electron chi connectivity index (χ1n) is 4.02. The predicted octanol–water partition coefficient (Wildman–Crippen LogP) is 3.50. The van der Waals surface area contributed by atoms with Crippen molar-refractivity contribution in [3.63, 3.8) is 0 Å². The van der Waals surface area contributed by atoms with Crippen LogP contribution < -0.4 is 0 Å². The molecule has 0 fully saturated rings. The fraction of sp³-hybridized carbons (Fsp3) is 0.889. The topological polar surface area (TPSA) is 0 Å². The smallest absolute Gasteiger partial charge is 0.0254 e. The minimum Gasteiger partial charge on any atom is -0.126 e. The zero-order chi connectivity index (χ0) is 8.15. The fourth-order valence-electron chi connectivity index (χ4n) is 0.929. The molecule has 0 saturated carbocycles. The SMILES string of the molecule is CCC(C)[C](C)C(C)CCl. The van der Waals surface area contributed by atoms with E-state index in [0.29, 0.717) is 5.92 Å². The minimum absolute atomic E-state index is 0.580. The molecular formula is C9H18Cl. The Morgan fingerprint density at radius 3 is 2.10 bits per heavy atom. The first-order valence-corrected chi connectivity index (χ1v) is 4.56. The Morgan fingerprint density at radius 2 is 1.80 bits per heavy atom. The summed E-state index contributed by atoms with van der Waals surface area (Å²) in [7, 11) is 0. The molecule has 0 rings (SSSR count). The van der Waals surface area contributed by atoms with Gasteiger partial charge in [-0.1, -0.05) is 34.1 Å². The van der Waals surface area contributed by atoms with Gasteiger partial charge in [-0.3, -0.25) is 0 Å². The fourth-order valence-corrected chi connectivity index (χ4v) is 1.17. The van der Waals surface area contributed by atoms with Crippen LogP contribution in [-0.4, -0.2) is 5.88 Å². The Hall–Kier alpha value is 0.290. The Labute approximate surface area is 70.0 Å². The van der Waals surface area contributed by atoms with Gasteiger partial charge in [0.25, 0.3) is 0 Å². The van der Waals surface area contributed by atoms with Gasteiger partial charge >= 0.3 is 0 Å². The second-order valence-corrected chi connectivity index (χ2v) is 3.42. The zero-order valence-corrected chi connectivity index (χ0v) is 8.20. The van der Waals surface area contributed by atoms with Crippen LogP contribution in [0.5, 0.6) is 0 Å². The second kappa shape index (κ2) is 5.01. The standard InChI is InChI=1S/C9H18Cl/c1-5-7(2)9(4)8(3)6-10/h7-8H,5-6H2,1-4H3. The number of rotatable bonds is 4. The van der Waals surface area contributed by atoms with Crippen LogP contribution in [0, 0.1) is 17.8 Å². The zero-order valence-electron chi connectivity index (χ0n) is 7.45. The largest absolute Gasteiger partial charge is 0.126 e. The molecule has 0 amide bonds. The van der Waals surface area contributed by atoms with Gasteiger partial charge in [-0.15, -0.1) is 11.6 Å². The Morgan fingerprint density at radius 1 is 1.30 bits per heavy atom. The van der Waals surface area contributed by atoms with Crippen LogP contribution in [-0.2, 0) is 0 Å². The molecule has 0 aliphatic carbocycles. The molecule has 0 N–H and O–H groups in total. The first-order chi connectivity index (χ1) is 4.63. The first kappa shape index (κ1) is 10.3. The van der Waals surface area contributed by atoms with E-state index in [-0.39, 0.29) is 0 Å². The van der Waals surface area contributed by atoms with Crippen molar-refractivity contribution in [3.05, 3.63) is 5.92 Å². The van der Waals surface area contributed by atoms with E-state index in [2.05, 4.69) is 27.7 Å². The van der Waals surface area contributed by atoms with E-state index >= 15 is 0 Å². The third-order valence-corrected chi connectivity index (χ3v) is 2.86. The summed E-state index contributed by atoms with van der Waals surface area (Å²) in [4.78, 5) is 0. The lowest BCUT2D eigenvalue weighted by atomic mass is 9.85. The summed E-state index contributed by atoms with van der Waals surface area (Å²) >= 11 is 5.73. The molecule has 0 heterocycles. The van der Waals surface area contributed by atoms with Gasteiger partial charge in [0.1, 0.15) is 0 Å². The third-order valence-electron chi connectivity index (χ3n) is 2.40. The van der Waals surface area contributed by atoms with Gasteiger partial charge in [0, 0.05) is 5.88 Å². The van der Waals surface area contributed by atoms with E-state index in [1.807, 2.05) is 0 Å². The summed E-state index contributed by atoms with van der Waals surface area (Å²) in [5, 5.41) is 0. The van der Waals surface area contributed by atoms with Crippen molar-refractivity contribution in [3.8, 4) is 0 Å². The van der Waals surface area contributed by atoms with Crippen LogP contribution in [0.4, 0.5) is 0 Å². The van der Waals surface area contributed by atoms with Gasteiger partial charge in [0.05, 0.1) is 0 Å². The summed E-state index contributed by atoms with van der Waals surface area (Å²) in [5.41, 5.74) is 0. The summed E-state index contributed by atoms with van der Waals surface area (Å²) < 4.78 is 0. The maximum Gasteiger partial charge on any atom is 0.0254 e. The maximum atomic E-state index is 5.73. The van der Waals surface area contributed by atoms with E-state index in [1.165, 1.54) is 12.3 Å². The molecule has 0 bridgehead atoms. The second-order valence-electron chi connectivity index (χ2n) is 3.11. The van der Waals surface area contributed by atoms with E-state index in [9.17, 15) is 0 Å². The van der Waals surface area contributed by atoms with Crippen LogP contribution in [0.15, 0.2) is 0 Å². The van der Waals surface area contributed by atoms with Crippen LogP contribution in [0.1, 0.15) is 34.1 Å². The number of halogens is 1. The van der Waals surface area contributed by atoms with Crippen molar-refractivity contribution in [2.45, 2.75) is 34.1 Å². The van der Waals surface area contributed by atoms with Gasteiger partial charge in [0.2, 0.25) is 0 Å². The molecule has 0 aromatic carbocycles. The summed E-state index contributed by atoms with van der Waals surface area (Å²) in [6.07, 6.45) is 1.23. The molecule has 0 saturated heterocycles. The van der Waals surface area contributed by atoms with Crippen molar-refractivity contribution < 1.29 is 0 Å². The predicted molar refractivity (Wildman–Crippen MR) is 48.3 cm³/mol. The Balaban J connectivity index is 3.69. The van der Waals surface area contributed by atoms with Crippen molar-refractivity contribution in [2.24, 2.45) is 11.8 Å². The summed E-state index contributed by atoms with van der Waals surface area (Å²) in [6.45, 7) is 8.88. The molecule has 0 aromatic heterocycles. The average molecular weight is 162 g/mol. The van der Waals surface area contributed by atoms with Crippen molar-refractivity contribution in [1.82, 2.24) is 0 Å². The number of hydrogen-bond acceptors (Lipinski definition) is 0. The molecule has 0 nitrogen and oxygen atoms in total. The number of hydrogen-bond donors (Lipinski definition) is 0. The molecule has 1 heteroatoms. The lowest BCUT2D eigenvalue weighted by Gasteiger charge is -2.22. The highest BCUT2D eigenvalue weighted by atomic mass is 35.5. The number of alkyl halides is 1. The van der Waals surface area contributed by atoms with E-state index in [0.717, 1.165) is 11.8 Å². The van der Waals surface area contributed by atoms with E-state index in [1.54, 1.807) is 0 Å². The lowest BCUT2D eigenvalue weighted by molar-refractivity contribution is 0.482. The van der Waals surface area contributed by atoms with Crippen LogP contribution >= 0.6 is 11.6 Å². The molecule has 10 heavy (non-hydrogen) atoms. The molecule has 0 aliphatic rings. The van der Waals surface area contributed by atoms with Crippen LogP contribution in [0.2, 0.25) is 0 Å². The van der Waals surface area contributed by atoms with Gasteiger partial charge in [-0.05, 0) is 17.8 Å². The van der Waals surface area contributed by atoms with Crippen molar-refractivity contribution in [1.29, 1.82) is 0 Å². The maximum absolute atomic E-state index is 5.73. The highest BCUT2D eigenvalue weighted by molar-refractivity contribution is 6.18. The monoisotopic (exact) mass is 161 g/mol. The van der Waals surface area contributed by atoms with Gasteiger partial charge < -0.3 is 0 Å². The highest BCUT2D eigenvalue weighted by Crippen LogP contribution is 2.25. The van der Waals surface area contributed by atoms with Crippen LogP contribution in [0.3, 0.4) is 0 Å². The molecule has 61 valence electrons. The quantitative estimate of drug-likeness (QED) is 0.554. The summed E-state index contributed by atoms with van der Waals surface area (Å²) in [5.74, 6) is 3.61. The molecular weight excluding hydrogens is 144 g/mol. The summed E-state index contributed by atoms with van der Waals surface area (Å²) in [6, 6.07) is 0. The third kappa shape index (κ3) is 2.92. The molecule has 0 aromatic rings. The molecule has 1 radical (unpaired) electrons. The average Bonchev–Trinajstić information content (AvgIpc) is 2.00. The molecule has 2 atom stereocenters. The van der Waals surface area contributed by atoms with Gasteiger partial charge in [0.15, 0.2) is 0 Å². The minimum atomic E-state index is 0.580. The van der Waals surface area contributed by atoms with E-state index < -0.39 is 0 Å². The Kier molecular flexibility index (Phi) is 5.15. The highest BCUT2D eigenvalue weighted by Gasteiger charge is 2.16. The van der Waals surface area contributed by atoms with Gasteiger partial charge in [-0.25, -0.2) is 0 Å². The Bertz CT molecular complexity index is 70.8.